The van der Waals surface area contributed by atoms with Gasteiger partial charge in [0, 0.05) is 18.3 Å². The number of alkyl halides is 3. The van der Waals surface area contributed by atoms with Crippen LogP contribution in [0.1, 0.15) is 15.9 Å². The predicted molar refractivity (Wildman–Crippen MR) is 109 cm³/mol. The van der Waals surface area contributed by atoms with Crippen molar-refractivity contribution in [1.29, 1.82) is 0 Å². The number of aromatic carboxylic acids is 1. The monoisotopic (exact) mass is 452 g/mol. The molecule has 0 aliphatic carbocycles. The molecule has 2 aromatic carbocycles. The van der Waals surface area contributed by atoms with Crippen molar-refractivity contribution in [2.75, 3.05) is 12.4 Å². The smallest absolute Gasteiger partial charge is 0.495 e. The number of nitrogens with one attached hydrogen (secondary N) is 1. The van der Waals surface area contributed by atoms with Gasteiger partial charge in [-0.15, -0.1) is 13.2 Å². The largest absolute Gasteiger partial charge is 0.573 e. The zero-order chi connectivity index (χ0) is 22.6. The molecule has 0 fully saturated rings. The van der Waals surface area contributed by atoms with Gasteiger partial charge in [-0.25, -0.2) is 9.78 Å². The van der Waals surface area contributed by atoms with Crippen molar-refractivity contribution >= 4 is 23.4 Å². The summed E-state index contributed by atoms with van der Waals surface area (Å²) in [5.74, 6) is -0.792. The summed E-state index contributed by atoms with van der Waals surface area (Å²) in [6.45, 7) is 0.222. The maximum atomic E-state index is 12.3. The minimum absolute atomic E-state index is 0.00160. The first kappa shape index (κ1) is 22.2. The van der Waals surface area contributed by atoms with E-state index in [-0.39, 0.29) is 28.6 Å². The van der Waals surface area contributed by atoms with Crippen LogP contribution in [0.2, 0.25) is 5.02 Å². The van der Waals surface area contributed by atoms with E-state index >= 15 is 0 Å². The highest BCUT2D eigenvalue weighted by atomic mass is 35.5. The highest BCUT2D eigenvalue weighted by Crippen LogP contribution is 2.34. The summed E-state index contributed by atoms with van der Waals surface area (Å²) >= 11 is 6.03. The first-order valence-corrected chi connectivity index (χ1v) is 9.20. The van der Waals surface area contributed by atoms with Crippen LogP contribution in [0.15, 0.2) is 54.7 Å². The molecule has 0 aliphatic rings. The third-order valence-electron chi connectivity index (χ3n) is 4.19. The number of pyridine rings is 1. The third kappa shape index (κ3) is 5.79. The number of carbonyl (C=O) groups is 1. The van der Waals surface area contributed by atoms with Gasteiger partial charge in [-0.1, -0.05) is 23.7 Å². The number of benzene rings is 2. The van der Waals surface area contributed by atoms with E-state index in [0.29, 0.717) is 22.5 Å². The van der Waals surface area contributed by atoms with Crippen LogP contribution in [0.4, 0.5) is 19.0 Å². The van der Waals surface area contributed by atoms with E-state index in [4.69, 9.17) is 16.3 Å². The third-order valence-corrected chi connectivity index (χ3v) is 4.58. The van der Waals surface area contributed by atoms with Crippen molar-refractivity contribution in [1.82, 2.24) is 4.98 Å². The molecule has 3 rings (SSSR count). The predicted octanol–water partition coefficient (Wildman–Crippen LogP) is 5.62. The molecule has 6 nitrogen and oxygen atoms in total. The van der Waals surface area contributed by atoms with Gasteiger partial charge >= 0.3 is 12.3 Å². The summed E-state index contributed by atoms with van der Waals surface area (Å²) in [7, 11) is 1.39. The molecular weight excluding hydrogens is 437 g/mol. The molecule has 0 unspecified atom stereocenters. The summed E-state index contributed by atoms with van der Waals surface area (Å²) in [5.41, 5.74) is 1.65. The lowest BCUT2D eigenvalue weighted by Crippen LogP contribution is -2.17. The van der Waals surface area contributed by atoms with Crippen LogP contribution in [0.3, 0.4) is 0 Å². The topological polar surface area (TPSA) is 80.7 Å². The Balaban J connectivity index is 1.74. The van der Waals surface area contributed by atoms with E-state index in [9.17, 15) is 23.1 Å². The van der Waals surface area contributed by atoms with E-state index in [2.05, 4.69) is 15.0 Å². The summed E-state index contributed by atoms with van der Waals surface area (Å²) in [5, 5.41) is 12.3. The second-order valence-corrected chi connectivity index (χ2v) is 6.70. The highest BCUT2D eigenvalue weighted by Gasteiger charge is 2.31. The molecule has 0 bridgehead atoms. The Bertz CT molecular complexity index is 1090. The lowest BCUT2D eigenvalue weighted by Gasteiger charge is -2.12. The molecule has 1 aromatic heterocycles. The standard InChI is InChI=1S/C21H16ClF3N2O4/c1-30-17-9-14(8-16(19(17)22)20(28)29)13-5-6-18(27-11-13)26-10-12-3-2-4-15(7-12)31-21(23,24)25/h2-9,11H,10H2,1H3,(H,26,27)(H,28,29). The maximum Gasteiger partial charge on any atom is 0.573 e. The first-order valence-electron chi connectivity index (χ1n) is 8.82. The molecule has 0 saturated carbocycles. The van der Waals surface area contributed by atoms with Crippen LogP contribution in [-0.2, 0) is 6.54 Å². The first-order chi connectivity index (χ1) is 14.7. The van der Waals surface area contributed by atoms with Gasteiger partial charge in [0.1, 0.15) is 17.3 Å². The minimum atomic E-state index is -4.76. The van der Waals surface area contributed by atoms with Crippen LogP contribution in [0.25, 0.3) is 11.1 Å². The average molecular weight is 453 g/mol. The molecule has 3 aromatic rings. The molecule has 0 aliphatic heterocycles. The Labute approximate surface area is 180 Å². The van der Waals surface area contributed by atoms with Gasteiger partial charge in [-0.3, -0.25) is 0 Å². The van der Waals surface area contributed by atoms with Gasteiger partial charge in [0.15, 0.2) is 0 Å². The number of nitrogens with zero attached hydrogens (tertiary/aromatic N) is 1. The number of hydrogen-bond acceptors (Lipinski definition) is 5. The Kier molecular flexibility index (Phi) is 6.55. The second kappa shape index (κ2) is 9.13. The lowest BCUT2D eigenvalue weighted by atomic mass is 10.0. The molecule has 162 valence electrons. The maximum absolute atomic E-state index is 12.3. The number of aromatic nitrogens is 1. The van der Waals surface area contributed by atoms with Gasteiger partial charge in [-0.2, -0.15) is 0 Å². The van der Waals surface area contributed by atoms with E-state index < -0.39 is 12.3 Å². The fraction of sp³-hybridized carbons (Fsp3) is 0.143. The van der Waals surface area contributed by atoms with E-state index in [1.165, 1.54) is 37.6 Å². The van der Waals surface area contributed by atoms with E-state index in [1.54, 1.807) is 24.3 Å². The molecule has 10 heteroatoms. The molecule has 0 saturated heterocycles. The number of rotatable bonds is 7. The molecular formula is C21H16ClF3N2O4. The Morgan fingerprint density at radius 3 is 2.55 bits per heavy atom. The fourth-order valence-corrected chi connectivity index (χ4v) is 3.05. The number of carboxylic acid groups (broad SMARTS) is 1. The van der Waals surface area contributed by atoms with Crippen molar-refractivity contribution in [3.8, 4) is 22.6 Å². The molecule has 0 atom stereocenters. The number of carboxylic acids is 1. The van der Waals surface area contributed by atoms with Gasteiger partial charge in [0.2, 0.25) is 0 Å². The van der Waals surface area contributed by atoms with Crippen LogP contribution in [0.5, 0.6) is 11.5 Å². The minimum Gasteiger partial charge on any atom is -0.495 e. The van der Waals surface area contributed by atoms with Crippen molar-refractivity contribution in [3.63, 3.8) is 0 Å². The van der Waals surface area contributed by atoms with Gasteiger partial charge in [0.25, 0.3) is 0 Å². The quantitative estimate of drug-likeness (QED) is 0.484. The summed E-state index contributed by atoms with van der Waals surface area (Å²) in [6, 6.07) is 12.0. The van der Waals surface area contributed by atoms with E-state index in [0.717, 1.165) is 0 Å². The molecule has 2 N–H and O–H groups in total. The highest BCUT2D eigenvalue weighted by molar-refractivity contribution is 6.35. The summed E-state index contributed by atoms with van der Waals surface area (Å²) < 4.78 is 46.1. The van der Waals surface area contributed by atoms with Gasteiger partial charge in [-0.05, 0) is 47.5 Å². The normalized spacial score (nSPS) is 11.1. The molecule has 1 heterocycles. The molecule has 0 radical (unpaired) electrons. The van der Waals surface area contributed by atoms with Gasteiger partial charge < -0.3 is 19.9 Å². The molecule has 0 amide bonds. The Hall–Kier alpha value is -3.46. The average Bonchev–Trinajstić information content (AvgIpc) is 2.71. The van der Waals surface area contributed by atoms with Crippen LogP contribution >= 0.6 is 11.6 Å². The van der Waals surface area contributed by atoms with E-state index in [1.807, 2.05) is 0 Å². The van der Waals surface area contributed by atoms with Crippen molar-refractivity contribution in [2.24, 2.45) is 0 Å². The number of halogens is 4. The zero-order valence-electron chi connectivity index (χ0n) is 16.0. The molecule has 31 heavy (non-hydrogen) atoms. The molecule has 0 spiro atoms. The van der Waals surface area contributed by atoms with Gasteiger partial charge in [0.05, 0.1) is 17.7 Å². The van der Waals surface area contributed by atoms with Crippen molar-refractivity contribution in [2.45, 2.75) is 12.9 Å². The zero-order valence-corrected chi connectivity index (χ0v) is 16.8. The Morgan fingerprint density at radius 2 is 1.94 bits per heavy atom. The van der Waals surface area contributed by atoms with Crippen molar-refractivity contribution in [3.05, 3.63) is 70.9 Å². The van der Waals surface area contributed by atoms with Crippen LogP contribution < -0.4 is 14.8 Å². The number of hydrogen-bond donors (Lipinski definition) is 2. The lowest BCUT2D eigenvalue weighted by molar-refractivity contribution is -0.274. The van der Waals surface area contributed by atoms with Crippen molar-refractivity contribution < 1.29 is 32.5 Å². The number of anilines is 1. The summed E-state index contributed by atoms with van der Waals surface area (Å²) in [4.78, 5) is 15.7. The number of ether oxygens (including phenoxy) is 2. The Morgan fingerprint density at radius 1 is 1.16 bits per heavy atom. The fourth-order valence-electron chi connectivity index (χ4n) is 2.78. The number of methoxy groups -OCH3 is 1. The summed E-state index contributed by atoms with van der Waals surface area (Å²) in [6.07, 6.45) is -3.23. The second-order valence-electron chi connectivity index (χ2n) is 6.33. The van der Waals surface area contributed by atoms with Crippen LogP contribution in [-0.4, -0.2) is 29.5 Å². The van der Waals surface area contributed by atoms with Crippen LogP contribution in [0, 0.1) is 0 Å². The SMILES string of the molecule is COc1cc(-c2ccc(NCc3cccc(OC(F)(F)F)c3)nc2)cc(C(=O)O)c1Cl.